The number of aldehydes is 1. The van der Waals surface area contributed by atoms with Crippen molar-refractivity contribution in [1.29, 1.82) is 0 Å². The average Bonchev–Trinajstić information content (AvgIpc) is 2.79. The minimum atomic E-state index is -0.986. The molecule has 0 aromatic heterocycles. The number of rotatable bonds is 11. The number of esters is 3. The topological polar surface area (TPSA) is 116 Å². The van der Waals surface area contributed by atoms with Gasteiger partial charge in [-0.1, -0.05) is 53.3 Å². The van der Waals surface area contributed by atoms with E-state index in [4.69, 9.17) is 19.3 Å². The molecular weight excluding hydrogens is 440 g/mol. The molecule has 1 rings (SSSR count). The summed E-state index contributed by atoms with van der Waals surface area (Å²) in [7, 11) is 1.00. The lowest BCUT2D eigenvalue weighted by atomic mass is 9.69. The molecule has 0 amide bonds. The zero-order chi connectivity index (χ0) is 26.5. The van der Waals surface area contributed by atoms with Gasteiger partial charge >= 0.3 is 17.9 Å². The lowest BCUT2D eigenvalue weighted by Gasteiger charge is -2.37. The van der Waals surface area contributed by atoms with Gasteiger partial charge in [0.15, 0.2) is 6.10 Å². The third-order valence-electron chi connectivity index (χ3n) is 5.86. The summed E-state index contributed by atoms with van der Waals surface area (Å²) in [5, 5.41) is 7.00. The van der Waals surface area contributed by atoms with Gasteiger partial charge in [0.05, 0.1) is 11.3 Å². The Labute approximate surface area is 203 Å². The van der Waals surface area contributed by atoms with Crippen LogP contribution in [0.15, 0.2) is 24.8 Å². The van der Waals surface area contributed by atoms with Crippen LogP contribution in [0.2, 0.25) is 0 Å². The molecule has 0 aromatic carbocycles. The van der Waals surface area contributed by atoms with Crippen molar-refractivity contribution in [3.05, 3.63) is 24.8 Å². The molecule has 0 saturated carbocycles. The van der Waals surface area contributed by atoms with Crippen LogP contribution < -0.4 is 0 Å². The Morgan fingerprint density at radius 3 is 2.12 bits per heavy atom. The van der Waals surface area contributed by atoms with Gasteiger partial charge in [0.2, 0.25) is 0 Å². The van der Waals surface area contributed by atoms with E-state index in [9.17, 15) is 19.2 Å². The molecule has 0 heterocycles. The number of allylic oxidation sites excluding steroid dienone is 2. The second kappa shape index (κ2) is 14.7. The standard InChI is InChI=1S/C25H38O7.CH4O/c1-8-21(27)30-14-19(32-22(28)20-12-10-9-11-18(20)13-26)15-31-23(29)25(7,17(2)3)16-24(4,5)6;1-2/h8-10,13,17-20H,1,11-12,14-16H2,2-7H3;2H,1H3. The van der Waals surface area contributed by atoms with Crippen LogP contribution in [0.4, 0.5) is 0 Å². The molecule has 0 aliphatic heterocycles. The van der Waals surface area contributed by atoms with E-state index in [0.29, 0.717) is 19.3 Å². The third-order valence-corrected chi connectivity index (χ3v) is 5.86. The number of hydrogen-bond acceptors (Lipinski definition) is 8. The fraction of sp³-hybridized carbons (Fsp3) is 0.692. The first kappa shape index (κ1) is 31.5. The normalized spacial score (nSPS) is 20.1. The second-order valence-corrected chi connectivity index (χ2v) is 10.2. The van der Waals surface area contributed by atoms with Gasteiger partial charge in [-0.3, -0.25) is 9.59 Å². The Bertz CT molecular complexity index is 719. The summed E-state index contributed by atoms with van der Waals surface area (Å²) in [6.07, 6.45) is 5.92. The van der Waals surface area contributed by atoms with E-state index in [1.54, 1.807) is 0 Å². The van der Waals surface area contributed by atoms with Gasteiger partial charge in [0.25, 0.3) is 0 Å². The highest BCUT2D eigenvalue weighted by molar-refractivity contribution is 5.81. The van der Waals surface area contributed by atoms with Gasteiger partial charge in [-0.05, 0) is 37.5 Å². The van der Waals surface area contributed by atoms with Crippen LogP contribution in [0, 0.1) is 28.6 Å². The number of aliphatic hydroxyl groups is 1. The Balaban J connectivity index is 0.00000529. The number of carbonyl (C=O) groups is 4. The molecule has 0 aromatic rings. The minimum Gasteiger partial charge on any atom is -0.461 e. The Morgan fingerprint density at radius 1 is 1.06 bits per heavy atom. The van der Waals surface area contributed by atoms with E-state index in [2.05, 4.69) is 27.4 Å². The molecule has 1 N–H and O–H groups in total. The van der Waals surface area contributed by atoms with Crippen molar-refractivity contribution in [3.8, 4) is 0 Å². The summed E-state index contributed by atoms with van der Waals surface area (Å²) in [5.74, 6) is -2.72. The second-order valence-electron chi connectivity index (χ2n) is 10.2. The first-order valence-corrected chi connectivity index (χ1v) is 11.6. The number of aliphatic hydroxyl groups excluding tert-OH is 1. The molecule has 0 fully saturated rings. The highest BCUT2D eigenvalue weighted by atomic mass is 16.6. The van der Waals surface area contributed by atoms with E-state index >= 15 is 0 Å². The average molecular weight is 483 g/mol. The minimum absolute atomic E-state index is 0.0243. The van der Waals surface area contributed by atoms with Crippen molar-refractivity contribution >= 4 is 24.2 Å². The Hall–Kier alpha value is -2.48. The van der Waals surface area contributed by atoms with Crippen LogP contribution in [0.25, 0.3) is 0 Å². The summed E-state index contributed by atoms with van der Waals surface area (Å²) in [4.78, 5) is 48.6. The van der Waals surface area contributed by atoms with E-state index in [1.165, 1.54) is 0 Å². The van der Waals surface area contributed by atoms with Gasteiger partial charge in [-0.15, -0.1) is 0 Å². The molecule has 8 nitrogen and oxygen atoms in total. The molecular formula is C26H42O8. The van der Waals surface area contributed by atoms with Gasteiger partial charge in [0.1, 0.15) is 19.5 Å². The van der Waals surface area contributed by atoms with Gasteiger partial charge < -0.3 is 24.1 Å². The van der Waals surface area contributed by atoms with Crippen LogP contribution in [-0.4, -0.2) is 55.7 Å². The zero-order valence-corrected chi connectivity index (χ0v) is 21.7. The van der Waals surface area contributed by atoms with Crippen molar-refractivity contribution in [2.24, 2.45) is 28.6 Å². The fourth-order valence-electron chi connectivity index (χ4n) is 3.81. The maximum absolute atomic E-state index is 13.0. The third kappa shape index (κ3) is 10.2. The van der Waals surface area contributed by atoms with Crippen LogP contribution in [0.1, 0.15) is 60.8 Å². The predicted molar refractivity (Wildman–Crippen MR) is 129 cm³/mol. The van der Waals surface area contributed by atoms with Crippen molar-refractivity contribution in [3.63, 3.8) is 0 Å². The quantitative estimate of drug-likeness (QED) is 0.156. The van der Waals surface area contributed by atoms with Gasteiger partial charge in [0, 0.05) is 19.1 Å². The molecule has 1 aliphatic carbocycles. The fourth-order valence-corrected chi connectivity index (χ4v) is 3.81. The molecule has 0 bridgehead atoms. The van der Waals surface area contributed by atoms with E-state index in [0.717, 1.165) is 19.5 Å². The van der Waals surface area contributed by atoms with Crippen molar-refractivity contribution in [1.82, 2.24) is 0 Å². The number of hydrogen-bond donors (Lipinski definition) is 1. The molecule has 4 unspecified atom stereocenters. The molecule has 4 atom stereocenters. The summed E-state index contributed by atoms with van der Waals surface area (Å²) >= 11 is 0. The molecule has 1 aliphatic rings. The van der Waals surface area contributed by atoms with E-state index in [1.807, 2.05) is 32.9 Å². The smallest absolute Gasteiger partial charge is 0.330 e. The first-order valence-electron chi connectivity index (χ1n) is 11.6. The maximum Gasteiger partial charge on any atom is 0.330 e. The molecule has 194 valence electrons. The van der Waals surface area contributed by atoms with Crippen LogP contribution in [0.3, 0.4) is 0 Å². The summed E-state index contributed by atoms with van der Waals surface area (Å²) < 4.78 is 16.1. The van der Waals surface area contributed by atoms with Crippen molar-refractivity contribution in [2.45, 2.75) is 66.9 Å². The Kier molecular flexibility index (Phi) is 13.6. The van der Waals surface area contributed by atoms with Crippen molar-refractivity contribution < 1.29 is 38.5 Å². The molecule has 8 heteroatoms. The van der Waals surface area contributed by atoms with Crippen LogP contribution >= 0.6 is 0 Å². The lowest BCUT2D eigenvalue weighted by molar-refractivity contribution is -0.175. The van der Waals surface area contributed by atoms with Crippen molar-refractivity contribution in [2.75, 3.05) is 20.3 Å². The molecule has 0 saturated heterocycles. The largest absolute Gasteiger partial charge is 0.461 e. The van der Waals surface area contributed by atoms with Gasteiger partial charge in [-0.25, -0.2) is 4.79 Å². The van der Waals surface area contributed by atoms with Gasteiger partial charge in [-0.2, -0.15) is 0 Å². The maximum atomic E-state index is 13.0. The molecule has 0 radical (unpaired) electrons. The van der Waals surface area contributed by atoms with E-state index in [-0.39, 0.29) is 24.5 Å². The first-order chi connectivity index (χ1) is 15.8. The predicted octanol–water partition coefficient (Wildman–Crippen LogP) is 3.66. The molecule has 0 spiro atoms. The summed E-state index contributed by atoms with van der Waals surface area (Å²) in [6, 6.07) is 0. The summed E-state index contributed by atoms with van der Waals surface area (Å²) in [6.45, 7) is 14.8. The SMILES string of the molecule is C=CC(=O)OCC(COC(=O)C(C)(CC(C)(C)C)C(C)C)OC(=O)C1CC=CCC1C=O.CO. The van der Waals surface area contributed by atoms with Crippen LogP contribution in [-0.2, 0) is 33.4 Å². The monoisotopic (exact) mass is 482 g/mol. The zero-order valence-electron chi connectivity index (χ0n) is 21.7. The Morgan fingerprint density at radius 2 is 1.62 bits per heavy atom. The van der Waals surface area contributed by atoms with E-state index < -0.39 is 41.3 Å². The molecule has 34 heavy (non-hydrogen) atoms. The number of carbonyl (C=O) groups excluding carboxylic acids is 4. The van der Waals surface area contributed by atoms with Crippen LogP contribution in [0.5, 0.6) is 0 Å². The number of ether oxygens (including phenoxy) is 3. The highest BCUT2D eigenvalue weighted by Gasteiger charge is 2.42. The lowest BCUT2D eigenvalue weighted by Crippen LogP contribution is -2.41. The summed E-state index contributed by atoms with van der Waals surface area (Å²) in [5.41, 5.74) is -0.830. The highest BCUT2D eigenvalue weighted by Crippen LogP contribution is 2.40.